The fourth-order valence-electron chi connectivity index (χ4n) is 2.80. The molecule has 3 N–H and O–H groups in total. The Bertz CT molecular complexity index is 930. The zero-order valence-corrected chi connectivity index (χ0v) is 13.5. The topological polar surface area (TPSA) is 82.7 Å². The summed E-state index contributed by atoms with van der Waals surface area (Å²) >= 11 is 0. The average Bonchev–Trinajstić information content (AvgIpc) is 2.95. The number of benzene rings is 1. The number of aromatic amines is 2. The summed E-state index contributed by atoms with van der Waals surface area (Å²) in [5.74, 6) is -0.108. The van der Waals surface area contributed by atoms with Gasteiger partial charge in [-0.2, -0.15) is 0 Å². The first-order valence-corrected chi connectivity index (χ1v) is 7.60. The minimum atomic E-state index is -0.170. The Kier molecular flexibility index (Phi) is 3.82. The van der Waals surface area contributed by atoms with Crippen molar-refractivity contribution in [2.45, 2.75) is 33.7 Å². The van der Waals surface area contributed by atoms with Crippen LogP contribution < -0.4 is 11.0 Å². The van der Waals surface area contributed by atoms with Crippen LogP contribution in [0.5, 0.6) is 0 Å². The number of hydrogen-bond acceptors (Lipinski definition) is 2. The molecule has 0 saturated carbocycles. The lowest BCUT2D eigenvalue weighted by Crippen LogP contribution is -2.22. The summed E-state index contributed by atoms with van der Waals surface area (Å²) in [6.45, 7) is 6.01. The van der Waals surface area contributed by atoms with Crippen molar-refractivity contribution in [2.75, 3.05) is 5.32 Å². The predicted octanol–water partition coefficient (Wildman–Crippen LogP) is 2.61. The Morgan fingerprint density at radius 3 is 2.57 bits per heavy atom. The van der Waals surface area contributed by atoms with Crippen molar-refractivity contribution >= 4 is 22.5 Å². The van der Waals surface area contributed by atoms with Crippen LogP contribution in [-0.2, 0) is 11.3 Å². The molecule has 0 spiro atoms. The van der Waals surface area contributed by atoms with Gasteiger partial charge in [-0.25, -0.2) is 4.79 Å². The van der Waals surface area contributed by atoms with Crippen molar-refractivity contribution in [2.24, 2.45) is 0 Å². The highest BCUT2D eigenvalue weighted by Crippen LogP contribution is 2.26. The first-order chi connectivity index (χ1) is 11.0. The number of amides is 1. The lowest BCUT2D eigenvalue weighted by atomic mass is 10.2. The number of carbonyl (C=O) groups is 1. The first kappa shape index (κ1) is 15.1. The fourth-order valence-corrected chi connectivity index (χ4v) is 2.80. The number of carbonyl (C=O) groups excluding carboxylic acids is 1. The number of aryl methyl sites for hydroxylation is 2. The highest BCUT2D eigenvalue weighted by atomic mass is 16.2. The van der Waals surface area contributed by atoms with Crippen molar-refractivity contribution in [3.63, 3.8) is 0 Å². The molecular weight excluding hydrogens is 292 g/mol. The molecule has 6 heteroatoms. The van der Waals surface area contributed by atoms with Crippen LogP contribution in [0.25, 0.3) is 10.9 Å². The van der Waals surface area contributed by atoms with Gasteiger partial charge in [0.15, 0.2) is 0 Å². The van der Waals surface area contributed by atoms with E-state index in [1.807, 2.05) is 45.0 Å². The Morgan fingerprint density at radius 1 is 1.13 bits per heavy atom. The third kappa shape index (κ3) is 2.79. The standard InChI is InChI=1S/C17H20N4O2/c1-10-12(3)21(17(23)19-10)9-8-15(22)20-16-11(2)18-14-7-5-4-6-13(14)16/h4-7,18H,8-9H2,1-3H3,(H,19,23)(H,20,22). The number of rotatable bonds is 4. The Morgan fingerprint density at radius 2 is 1.87 bits per heavy atom. The minimum Gasteiger partial charge on any atom is -0.357 e. The highest BCUT2D eigenvalue weighted by Gasteiger charge is 2.13. The summed E-state index contributed by atoms with van der Waals surface area (Å²) in [6, 6.07) is 7.84. The summed E-state index contributed by atoms with van der Waals surface area (Å²) in [6.07, 6.45) is 0.247. The van der Waals surface area contributed by atoms with Crippen LogP contribution in [0.2, 0.25) is 0 Å². The highest BCUT2D eigenvalue weighted by molar-refractivity contribution is 6.02. The molecule has 0 saturated heterocycles. The van der Waals surface area contributed by atoms with E-state index in [2.05, 4.69) is 15.3 Å². The van der Waals surface area contributed by atoms with Crippen LogP contribution in [0, 0.1) is 20.8 Å². The van der Waals surface area contributed by atoms with Gasteiger partial charge in [0, 0.05) is 41.0 Å². The van der Waals surface area contributed by atoms with Crippen molar-refractivity contribution < 1.29 is 4.79 Å². The molecule has 0 fully saturated rings. The largest absolute Gasteiger partial charge is 0.357 e. The van der Waals surface area contributed by atoms with Crippen molar-refractivity contribution in [1.29, 1.82) is 0 Å². The van der Waals surface area contributed by atoms with E-state index >= 15 is 0 Å². The summed E-state index contributed by atoms with van der Waals surface area (Å²) in [4.78, 5) is 30.1. The van der Waals surface area contributed by atoms with Gasteiger partial charge in [-0.1, -0.05) is 18.2 Å². The third-order valence-corrected chi connectivity index (χ3v) is 4.21. The van der Waals surface area contributed by atoms with E-state index in [0.717, 1.165) is 33.7 Å². The van der Waals surface area contributed by atoms with Crippen molar-refractivity contribution in [1.82, 2.24) is 14.5 Å². The molecule has 2 heterocycles. The van der Waals surface area contributed by atoms with Gasteiger partial charge in [0.1, 0.15) is 0 Å². The van der Waals surface area contributed by atoms with Crippen LogP contribution in [0.4, 0.5) is 5.69 Å². The van der Waals surface area contributed by atoms with Gasteiger partial charge in [-0.15, -0.1) is 0 Å². The molecule has 1 amide bonds. The molecule has 120 valence electrons. The summed E-state index contributed by atoms with van der Waals surface area (Å²) in [5.41, 5.74) is 4.25. The molecule has 3 rings (SSSR count). The second-order valence-corrected chi connectivity index (χ2v) is 5.76. The molecular formula is C17H20N4O2. The predicted molar refractivity (Wildman–Crippen MR) is 90.8 cm³/mol. The molecule has 0 atom stereocenters. The van der Waals surface area contributed by atoms with E-state index in [9.17, 15) is 9.59 Å². The van der Waals surface area contributed by atoms with E-state index in [1.54, 1.807) is 4.57 Å². The van der Waals surface area contributed by atoms with E-state index in [0.29, 0.717) is 6.54 Å². The van der Waals surface area contributed by atoms with Gasteiger partial charge in [-0.05, 0) is 26.8 Å². The maximum absolute atomic E-state index is 12.3. The number of fused-ring (bicyclic) bond motifs is 1. The minimum absolute atomic E-state index is 0.108. The summed E-state index contributed by atoms with van der Waals surface area (Å²) < 4.78 is 1.59. The van der Waals surface area contributed by atoms with E-state index in [4.69, 9.17) is 0 Å². The van der Waals surface area contributed by atoms with E-state index in [-0.39, 0.29) is 18.0 Å². The smallest absolute Gasteiger partial charge is 0.325 e. The van der Waals surface area contributed by atoms with Gasteiger partial charge in [0.2, 0.25) is 5.91 Å². The molecule has 6 nitrogen and oxygen atoms in total. The zero-order chi connectivity index (χ0) is 16.6. The number of imidazole rings is 1. The first-order valence-electron chi connectivity index (χ1n) is 7.60. The molecule has 0 radical (unpaired) electrons. The van der Waals surface area contributed by atoms with Gasteiger partial charge in [0.05, 0.1) is 5.69 Å². The summed E-state index contributed by atoms with van der Waals surface area (Å²) in [7, 11) is 0. The Labute approximate surface area is 133 Å². The number of hydrogen-bond donors (Lipinski definition) is 3. The molecule has 2 aromatic heterocycles. The molecule has 0 unspecified atom stereocenters. The average molecular weight is 312 g/mol. The number of para-hydroxylation sites is 1. The van der Waals surface area contributed by atoms with Crippen LogP contribution in [-0.4, -0.2) is 20.4 Å². The number of aromatic nitrogens is 3. The molecule has 1 aromatic carbocycles. The molecule has 0 aliphatic rings. The maximum atomic E-state index is 12.3. The monoisotopic (exact) mass is 312 g/mol. The van der Waals surface area contributed by atoms with Crippen LogP contribution in [0.3, 0.4) is 0 Å². The van der Waals surface area contributed by atoms with Gasteiger partial charge in [-0.3, -0.25) is 9.36 Å². The maximum Gasteiger partial charge on any atom is 0.325 e. The fraction of sp³-hybridized carbons (Fsp3) is 0.294. The van der Waals surface area contributed by atoms with Crippen LogP contribution >= 0.6 is 0 Å². The second-order valence-electron chi connectivity index (χ2n) is 5.76. The Balaban J connectivity index is 1.74. The van der Waals surface area contributed by atoms with E-state index in [1.165, 1.54) is 0 Å². The number of nitrogens with one attached hydrogen (secondary N) is 3. The number of anilines is 1. The molecule has 3 aromatic rings. The van der Waals surface area contributed by atoms with Gasteiger partial charge in [0.25, 0.3) is 0 Å². The molecule has 0 aliphatic heterocycles. The normalized spacial score (nSPS) is 11.1. The lowest BCUT2D eigenvalue weighted by Gasteiger charge is -2.07. The van der Waals surface area contributed by atoms with Crippen LogP contribution in [0.1, 0.15) is 23.5 Å². The van der Waals surface area contributed by atoms with Crippen molar-refractivity contribution in [3.8, 4) is 0 Å². The van der Waals surface area contributed by atoms with E-state index < -0.39 is 0 Å². The SMILES string of the molecule is Cc1[nH]c2ccccc2c1NC(=O)CCn1c(C)c(C)[nH]c1=O. The number of H-pyrrole nitrogens is 2. The third-order valence-electron chi connectivity index (χ3n) is 4.21. The van der Waals surface area contributed by atoms with Gasteiger partial charge < -0.3 is 15.3 Å². The zero-order valence-electron chi connectivity index (χ0n) is 13.5. The molecule has 0 aliphatic carbocycles. The molecule has 23 heavy (non-hydrogen) atoms. The van der Waals surface area contributed by atoms with Crippen LogP contribution in [0.15, 0.2) is 29.1 Å². The lowest BCUT2D eigenvalue weighted by molar-refractivity contribution is -0.116. The summed E-state index contributed by atoms with van der Waals surface area (Å²) in [5, 5.41) is 3.94. The van der Waals surface area contributed by atoms with Crippen molar-refractivity contribution in [3.05, 3.63) is 51.8 Å². The van der Waals surface area contributed by atoms with Gasteiger partial charge >= 0.3 is 5.69 Å². The molecule has 0 bridgehead atoms. The number of nitrogens with zero attached hydrogens (tertiary/aromatic N) is 1. The Hall–Kier alpha value is -2.76. The quantitative estimate of drug-likeness (QED) is 0.692. The second kappa shape index (κ2) is 5.79.